The molecule has 102 valence electrons. The predicted octanol–water partition coefficient (Wildman–Crippen LogP) is 2.16. The number of carbonyl (C=O) groups is 2. The van der Waals surface area contributed by atoms with Gasteiger partial charge < -0.3 is 9.64 Å². The standard InChI is InChI=1S/C15H19NO3/c1-11(14-6-4-3-5-7-14)16-9-13(8-15(16)18)10-19-12(2)17/h3-7,11,13H,8-10H2,1-2H3/t11-,13-/m0/s1. The molecular formula is C15H19NO3. The van der Waals surface area contributed by atoms with Gasteiger partial charge in [0.15, 0.2) is 0 Å². The monoisotopic (exact) mass is 261 g/mol. The van der Waals surface area contributed by atoms with Crippen LogP contribution in [0.4, 0.5) is 0 Å². The highest BCUT2D eigenvalue weighted by Gasteiger charge is 2.33. The van der Waals surface area contributed by atoms with Gasteiger partial charge in [-0.15, -0.1) is 0 Å². The first-order valence-corrected chi connectivity index (χ1v) is 6.55. The molecule has 1 heterocycles. The molecule has 0 aliphatic carbocycles. The van der Waals surface area contributed by atoms with Gasteiger partial charge in [0.05, 0.1) is 12.6 Å². The minimum absolute atomic E-state index is 0.0658. The Labute approximate surface area is 113 Å². The van der Waals surface area contributed by atoms with Gasteiger partial charge in [-0.1, -0.05) is 30.3 Å². The summed E-state index contributed by atoms with van der Waals surface area (Å²) in [4.78, 5) is 24.7. The molecule has 0 saturated carbocycles. The van der Waals surface area contributed by atoms with Gasteiger partial charge in [-0.3, -0.25) is 9.59 Å². The molecule has 1 aliphatic heterocycles. The Bertz CT molecular complexity index is 458. The van der Waals surface area contributed by atoms with Crippen molar-refractivity contribution < 1.29 is 14.3 Å². The summed E-state index contributed by atoms with van der Waals surface area (Å²) in [5, 5.41) is 0. The van der Waals surface area contributed by atoms with Crippen LogP contribution in [0.2, 0.25) is 0 Å². The molecule has 0 radical (unpaired) electrons. The Hall–Kier alpha value is -1.84. The van der Waals surface area contributed by atoms with Crippen molar-refractivity contribution in [2.75, 3.05) is 13.2 Å². The average Bonchev–Trinajstić information content (AvgIpc) is 2.78. The summed E-state index contributed by atoms with van der Waals surface area (Å²) in [6.07, 6.45) is 0.463. The number of hydrogen-bond acceptors (Lipinski definition) is 3. The van der Waals surface area contributed by atoms with Crippen LogP contribution >= 0.6 is 0 Å². The Morgan fingerprint density at radius 3 is 2.74 bits per heavy atom. The Morgan fingerprint density at radius 1 is 1.42 bits per heavy atom. The minimum Gasteiger partial charge on any atom is -0.465 e. The van der Waals surface area contributed by atoms with Crippen LogP contribution in [0.15, 0.2) is 30.3 Å². The zero-order valence-electron chi connectivity index (χ0n) is 11.3. The van der Waals surface area contributed by atoms with Crippen LogP contribution in [-0.2, 0) is 14.3 Å². The number of carbonyl (C=O) groups excluding carboxylic acids is 2. The average molecular weight is 261 g/mol. The largest absolute Gasteiger partial charge is 0.465 e. The van der Waals surface area contributed by atoms with Crippen LogP contribution in [0.3, 0.4) is 0 Å². The van der Waals surface area contributed by atoms with Gasteiger partial charge in [0.1, 0.15) is 0 Å². The number of likely N-dealkylation sites (tertiary alicyclic amines) is 1. The van der Waals surface area contributed by atoms with Crippen LogP contribution in [0, 0.1) is 5.92 Å². The van der Waals surface area contributed by atoms with Crippen molar-refractivity contribution in [2.45, 2.75) is 26.3 Å². The molecule has 1 amide bonds. The van der Waals surface area contributed by atoms with Crippen LogP contribution in [-0.4, -0.2) is 29.9 Å². The molecule has 0 unspecified atom stereocenters. The van der Waals surface area contributed by atoms with Gasteiger partial charge in [0, 0.05) is 25.8 Å². The summed E-state index contributed by atoms with van der Waals surface area (Å²) in [6.45, 7) is 4.41. The molecule has 1 saturated heterocycles. The third-order valence-electron chi connectivity index (χ3n) is 3.51. The van der Waals surface area contributed by atoms with Crippen molar-refractivity contribution in [3.05, 3.63) is 35.9 Å². The zero-order valence-corrected chi connectivity index (χ0v) is 11.3. The molecule has 1 aliphatic rings. The van der Waals surface area contributed by atoms with E-state index < -0.39 is 0 Å². The first-order chi connectivity index (χ1) is 9.08. The van der Waals surface area contributed by atoms with Crippen molar-refractivity contribution in [2.24, 2.45) is 5.92 Å². The van der Waals surface area contributed by atoms with Gasteiger partial charge >= 0.3 is 5.97 Å². The number of hydrogen-bond donors (Lipinski definition) is 0. The fourth-order valence-corrected chi connectivity index (χ4v) is 2.44. The van der Waals surface area contributed by atoms with Crippen LogP contribution in [0.1, 0.15) is 31.9 Å². The summed E-state index contributed by atoms with van der Waals surface area (Å²) in [5.41, 5.74) is 1.13. The number of amides is 1. The third kappa shape index (κ3) is 3.34. The van der Waals surface area contributed by atoms with E-state index in [0.29, 0.717) is 19.6 Å². The number of nitrogens with zero attached hydrogens (tertiary/aromatic N) is 1. The smallest absolute Gasteiger partial charge is 0.302 e. The molecule has 0 N–H and O–H groups in total. The number of esters is 1. The molecule has 4 nitrogen and oxygen atoms in total. The number of ether oxygens (including phenoxy) is 1. The lowest BCUT2D eigenvalue weighted by molar-refractivity contribution is -0.142. The highest BCUT2D eigenvalue weighted by atomic mass is 16.5. The fraction of sp³-hybridized carbons (Fsp3) is 0.467. The Balaban J connectivity index is 1.98. The molecule has 19 heavy (non-hydrogen) atoms. The number of benzene rings is 1. The molecule has 2 rings (SSSR count). The van der Waals surface area contributed by atoms with Gasteiger partial charge in [-0.25, -0.2) is 0 Å². The highest BCUT2D eigenvalue weighted by molar-refractivity contribution is 5.79. The summed E-state index contributed by atoms with van der Waals surface area (Å²) in [5.74, 6) is -0.0434. The zero-order chi connectivity index (χ0) is 13.8. The highest BCUT2D eigenvalue weighted by Crippen LogP contribution is 2.28. The van der Waals surface area contributed by atoms with E-state index in [1.165, 1.54) is 6.92 Å². The molecular weight excluding hydrogens is 242 g/mol. The van der Waals surface area contributed by atoms with Crippen LogP contribution in [0.25, 0.3) is 0 Å². The molecule has 1 aromatic rings. The van der Waals surface area contributed by atoms with Gasteiger partial charge in [-0.05, 0) is 12.5 Å². The molecule has 0 bridgehead atoms. The summed E-state index contributed by atoms with van der Waals surface area (Å²) in [6, 6.07) is 10.0. The summed E-state index contributed by atoms with van der Waals surface area (Å²) in [7, 11) is 0. The van der Waals surface area contributed by atoms with Crippen molar-refractivity contribution in [1.29, 1.82) is 0 Å². The second kappa shape index (κ2) is 5.87. The Kier molecular flexibility index (Phi) is 4.20. The number of rotatable bonds is 4. The lowest BCUT2D eigenvalue weighted by Crippen LogP contribution is -2.29. The van der Waals surface area contributed by atoms with E-state index in [-0.39, 0.29) is 23.8 Å². The topological polar surface area (TPSA) is 46.6 Å². The van der Waals surface area contributed by atoms with E-state index in [4.69, 9.17) is 4.74 Å². The second-order valence-electron chi connectivity index (χ2n) is 5.01. The first kappa shape index (κ1) is 13.6. The van der Waals surface area contributed by atoms with Crippen LogP contribution in [0.5, 0.6) is 0 Å². The maximum Gasteiger partial charge on any atom is 0.302 e. The first-order valence-electron chi connectivity index (χ1n) is 6.55. The molecule has 2 atom stereocenters. The molecule has 1 aromatic carbocycles. The molecule has 1 fully saturated rings. The van der Waals surface area contributed by atoms with Crippen molar-refractivity contribution >= 4 is 11.9 Å². The van der Waals surface area contributed by atoms with Crippen molar-refractivity contribution in [3.63, 3.8) is 0 Å². The van der Waals surface area contributed by atoms with E-state index in [2.05, 4.69) is 0 Å². The van der Waals surface area contributed by atoms with E-state index in [9.17, 15) is 9.59 Å². The molecule has 0 aromatic heterocycles. The van der Waals surface area contributed by atoms with Crippen molar-refractivity contribution in [1.82, 2.24) is 4.90 Å². The lowest BCUT2D eigenvalue weighted by atomic mass is 10.1. The van der Waals surface area contributed by atoms with Gasteiger partial charge in [-0.2, -0.15) is 0 Å². The van der Waals surface area contributed by atoms with Crippen LogP contribution < -0.4 is 0 Å². The third-order valence-corrected chi connectivity index (χ3v) is 3.51. The Morgan fingerprint density at radius 2 is 2.11 bits per heavy atom. The van der Waals surface area contributed by atoms with Gasteiger partial charge in [0.2, 0.25) is 5.91 Å². The summed E-state index contributed by atoms with van der Waals surface area (Å²) >= 11 is 0. The minimum atomic E-state index is -0.290. The predicted molar refractivity (Wildman–Crippen MR) is 71.3 cm³/mol. The maximum absolute atomic E-state index is 12.0. The lowest BCUT2D eigenvalue weighted by Gasteiger charge is -2.25. The van der Waals surface area contributed by atoms with Crippen molar-refractivity contribution in [3.8, 4) is 0 Å². The van der Waals surface area contributed by atoms with Gasteiger partial charge in [0.25, 0.3) is 0 Å². The maximum atomic E-state index is 12.0. The second-order valence-corrected chi connectivity index (χ2v) is 5.01. The SMILES string of the molecule is CC(=O)OC[C@H]1CC(=O)N([C@@H](C)c2ccccc2)C1. The fourth-order valence-electron chi connectivity index (χ4n) is 2.44. The quantitative estimate of drug-likeness (QED) is 0.780. The summed E-state index contributed by atoms with van der Waals surface area (Å²) < 4.78 is 4.99. The molecule has 0 spiro atoms. The van der Waals surface area contributed by atoms with E-state index in [1.54, 1.807) is 0 Å². The normalized spacial score (nSPS) is 20.4. The van der Waals surface area contributed by atoms with E-state index in [0.717, 1.165) is 5.56 Å². The van der Waals surface area contributed by atoms with E-state index >= 15 is 0 Å². The van der Waals surface area contributed by atoms with E-state index in [1.807, 2.05) is 42.2 Å². The molecule has 4 heteroatoms.